The van der Waals surface area contributed by atoms with E-state index in [1.165, 1.54) is 0 Å². The molecule has 0 N–H and O–H groups in total. The number of pyridine rings is 1. The van der Waals surface area contributed by atoms with Gasteiger partial charge in [-0.25, -0.2) is 8.42 Å². The van der Waals surface area contributed by atoms with Gasteiger partial charge in [0.1, 0.15) is 0 Å². The molecule has 1 spiro atoms. The van der Waals surface area contributed by atoms with E-state index < -0.39 is 21.1 Å². The number of nitrogens with zero attached hydrogens (tertiary/aromatic N) is 2. The molecule has 6 nitrogen and oxygen atoms in total. The Hall–Kier alpha value is -1.23. The van der Waals surface area contributed by atoms with Crippen molar-refractivity contribution < 1.29 is 31.1 Å². The van der Waals surface area contributed by atoms with Crippen LogP contribution < -0.4 is 0 Å². The molecule has 2 aliphatic heterocycles. The molecular weight excluding hydrogens is 385 g/mol. The highest BCUT2D eigenvalue weighted by atomic mass is 32.2. The van der Waals surface area contributed by atoms with Gasteiger partial charge in [0.05, 0.1) is 17.9 Å². The van der Waals surface area contributed by atoms with E-state index in [1.807, 2.05) is 18.2 Å². The standard InChI is InChI=1S/C17H23F3N2O4S/c18-17(19,20)27(23,24)22-9-6-16(7-10-22)14(5-12-26-16)4-11-25-13-15-3-1-2-8-21-15/h1-3,8,14H,4-7,9-13H2/t14-/m1/s1. The summed E-state index contributed by atoms with van der Waals surface area (Å²) in [5, 5.41) is 0. The minimum atomic E-state index is -5.27. The summed E-state index contributed by atoms with van der Waals surface area (Å²) in [4.78, 5) is 4.18. The van der Waals surface area contributed by atoms with E-state index in [9.17, 15) is 21.6 Å². The van der Waals surface area contributed by atoms with E-state index in [0.29, 0.717) is 24.1 Å². The molecule has 0 amide bonds. The predicted octanol–water partition coefficient (Wildman–Crippen LogP) is 2.71. The van der Waals surface area contributed by atoms with Gasteiger partial charge in [-0.05, 0) is 43.7 Å². The van der Waals surface area contributed by atoms with E-state index in [-0.39, 0.29) is 31.8 Å². The Labute approximate surface area is 156 Å². The lowest BCUT2D eigenvalue weighted by atomic mass is 9.78. The average Bonchev–Trinajstić information content (AvgIpc) is 3.01. The number of sulfonamides is 1. The smallest absolute Gasteiger partial charge is 0.375 e. The van der Waals surface area contributed by atoms with Gasteiger partial charge in [0.15, 0.2) is 0 Å². The Morgan fingerprint density at radius 3 is 2.67 bits per heavy atom. The monoisotopic (exact) mass is 408 g/mol. The molecule has 3 rings (SSSR count). The number of halogens is 3. The Morgan fingerprint density at radius 1 is 1.30 bits per heavy atom. The summed E-state index contributed by atoms with van der Waals surface area (Å²) >= 11 is 0. The van der Waals surface area contributed by atoms with Crippen molar-refractivity contribution in [2.24, 2.45) is 5.92 Å². The third-order valence-corrected chi connectivity index (χ3v) is 7.02. The molecule has 0 unspecified atom stereocenters. The van der Waals surface area contributed by atoms with Crippen LogP contribution in [0.25, 0.3) is 0 Å². The molecular formula is C17H23F3N2O4S. The molecule has 0 aliphatic carbocycles. The summed E-state index contributed by atoms with van der Waals surface area (Å²) in [6, 6.07) is 5.58. The lowest BCUT2D eigenvalue weighted by molar-refractivity contribution is -0.0716. The van der Waals surface area contributed by atoms with Crippen molar-refractivity contribution in [3.8, 4) is 0 Å². The maximum absolute atomic E-state index is 12.7. The molecule has 3 heterocycles. The lowest BCUT2D eigenvalue weighted by Crippen LogP contribution is -2.52. The SMILES string of the molecule is O=S(=O)(N1CCC2(CC1)OCC[C@H]2CCOCc1ccccn1)C(F)(F)F. The van der Waals surface area contributed by atoms with Crippen LogP contribution in [0.5, 0.6) is 0 Å². The van der Waals surface area contributed by atoms with Crippen LogP contribution in [0.3, 0.4) is 0 Å². The van der Waals surface area contributed by atoms with Gasteiger partial charge in [0, 0.05) is 32.5 Å². The molecule has 2 fully saturated rings. The number of hydrogen-bond acceptors (Lipinski definition) is 5. The minimum Gasteiger partial charge on any atom is -0.375 e. The van der Waals surface area contributed by atoms with E-state index in [2.05, 4.69) is 4.98 Å². The zero-order valence-corrected chi connectivity index (χ0v) is 15.6. The topological polar surface area (TPSA) is 68.7 Å². The van der Waals surface area contributed by atoms with E-state index in [1.54, 1.807) is 6.20 Å². The van der Waals surface area contributed by atoms with Crippen molar-refractivity contribution >= 4 is 10.0 Å². The van der Waals surface area contributed by atoms with Gasteiger partial charge in [0.2, 0.25) is 0 Å². The number of hydrogen-bond donors (Lipinski definition) is 0. The Bertz CT molecular complexity index is 719. The zero-order valence-electron chi connectivity index (χ0n) is 14.8. The molecule has 1 aromatic heterocycles. The number of alkyl halides is 3. The van der Waals surface area contributed by atoms with Crippen LogP contribution >= 0.6 is 0 Å². The Balaban J connectivity index is 1.51. The van der Waals surface area contributed by atoms with Gasteiger partial charge < -0.3 is 9.47 Å². The Kier molecular flexibility index (Phi) is 6.09. The van der Waals surface area contributed by atoms with Crippen LogP contribution in [0, 0.1) is 5.92 Å². The van der Waals surface area contributed by atoms with Crippen molar-refractivity contribution in [1.29, 1.82) is 0 Å². The van der Waals surface area contributed by atoms with Crippen molar-refractivity contribution in [3.05, 3.63) is 30.1 Å². The summed E-state index contributed by atoms with van der Waals surface area (Å²) in [6.45, 7) is 1.09. The molecule has 1 atom stereocenters. The van der Waals surface area contributed by atoms with Crippen LogP contribution in [-0.4, -0.2) is 55.1 Å². The number of aromatic nitrogens is 1. The van der Waals surface area contributed by atoms with Crippen molar-refractivity contribution in [2.75, 3.05) is 26.3 Å². The van der Waals surface area contributed by atoms with Crippen molar-refractivity contribution in [2.45, 2.75) is 43.4 Å². The summed E-state index contributed by atoms with van der Waals surface area (Å²) in [7, 11) is -5.27. The summed E-state index contributed by atoms with van der Waals surface area (Å²) < 4.78 is 73.4. The molecule has 2 saturated heterocycles. The highest BCUT2D eigenvalue weighted by Gasteiger charge is 2.54. The van der Waals surface area contributed by atoms with Crippen LogP contribution in [0.2, 0.25) is 0 Å². The number of rotatable bonds is 6. The van der Waals surface area contributed by atoms with E-state index in [0.717, 1.165) is 18.5 Å². The first-order valence-electron chi connectivity index (χ1n) is 8.93. The number of ether oxygens (including phenoxy) is 2. The van der Waals surface area contributed by atoms with Crippen LogP contribution in [0.1, 0.15) is 31.4 Å². The molecule has 0 aromatic carbocycles. The molecule has 0 bridgehead atoms. The maximum Gasteiger partial charge on any atom is 0.511 e. The summed E-state index contributed by atoms with van der Waals surface area (Å²) in [5.74, 6) is 0.150. The molecule has 152 valence electrons. The zero-order chi connectivity index (χ0) is 19.5. The van der Waals surface area contributed by atoms with Crippen molar-refractivity contribution in [3.63, 3.8) is 0 Å². The second-order valence-corrected chi connectivity index (χ2v) is 8.84. The maximum atomic E-state index is 12.7. The van der Waals surface area contributed by atoms with Crippen LogP contribution in [0.4, 0.5) is 13.2 Å². The van der Waals surface area contributed by atoms with Gasteiger partial charge in [-0.2, -0.15) is 17.5 Å². The first-order valence-corrected chi connectivity index (χ1v) is 10.4. The van der Waals surface area contributed by atoms with Crippen molar-refractivity contribution in [1.82, 2.24) is 9.29 Å². The van der Waals surface area contributed by atoms with Crippen LogP contribution in [-0.2, 0) is 26.1 Å². The molecule has 2 aliphatic rings. The molecule has 27 heavy (non-hydrogen) atoms. The summed E-state index contributed by atoms with van der Waals surface area (Å²) in [5.41, 5.74) is -4.97. The van der Waals surface area contributed by atoms with Gasteiger partial charge in [-0.1, -0.05) is 6.07 Å². The van der Waals surface area contributed by atoms with Crippen LogP contribution in [0.15, 0.2) is 24.4 Å². The lowest BCUT2D eigenvalue weighted by Gasteiger charge is -2.41. The van der Waals surface area contributed by atoms with Gasteiger partial charge in [-0.3, -0.25) is 4.98 Å². The predicted molar refractivity (Wildman–Crippen MR) is 91.1 cm³/mol. The number of piperidine rings is 1. The summed E-state index contributed by atoms with van der Waals surface area (Å²) in [6.07, 6.45) is 3.76. The molecule has 10 heteroatoms. The fraction of sp³-hybridized carbons (Fsp3) is 0.706. The largest absolute Gasteiger partial charge is 0.511 e. The second kappa shape index (κ2) is 8.02. The highest BCUT2D eigenvalue weighted by molar-refractivity contribution is 7.90. The normalized spacial score (nSPS) is 23.7. The molecule has 1 aromatic rings. The first kappa shape index (κ1) is 20.5. The third kappa shape index (κ3) is 4.44. The minimum absolute atomic E-state index is 0.150. The first-order chi connectivity index (χ1) is 12.7. The quantitative estimate of drug-likeness (QED) is 0.677. The van der Waals surface area contributed by atoms with Gasteiger partial charge in [-0.15, -0.1) is 0 Å². The second-order valence-electron chi connectivity index (χ2n) is 6.91. The fourth-order valence-corrected chi connectivity index (χ4v) is 4.84. The third-order valence-electron chi connectivity index (χ3n) is 5.39. The molecule has 0 radical (unpaired) electrons. The average molecular weight is 408 g/mol. The highest BCUT2D eigenvalue weighted by Crippen LogP contribution is 2.43. The van der Waals surface area contributed by atoms with E-state index >= 15 is 0 Å². The van der Waals surface area contributed by atoms with Gasteiger partial charge >= 0.3 is 15.5 Å². The van der Waals surface area contributed by atoms with Gasteiger partial charge in [0.25, 0.3) is 0 Å². The fourth-order valence-electron chi connectivity index (χ4n) is 3.88. The Morgan fingerprint density at radius 2 is 2.04 bits per heavy atom. The van der Waals surface area contributed by atoms with E-state index in [4.69, 9.17) is 9.47 Å². The molecule has 0 saturated carbocycles.